The zero-order valence-electron chi connectivity index (χ0n) is 9.45. The molecule has 0 saturated heterocycles. The first kappa shape index (κ1) is 10.5. The van der Waals surface area contributed by atoms with Gasteiger partial charge < -0.3 is 15.0 Å². The summed E-state index contributed by atoms with van der Waals surface area (Å²) in [6.07, 6.45) is 3.56. The molecule has 84 valence electrons. The van der Waals surface area contributed by atoms with Crippen LogP contribution in [-0.2, 0) is 6.54 Å². The van der Waals surface area contributed by atoms with Crippen LogP contribution in [0.3, 0.4) is 0 Å². The number of rotatable bonds is 4. The van der Waals surface area contributed by atoms with Crippen LogP contribution < -0.4 is 10.1 Å². The Morgan fingerprint density at radius 3 is 3.00 bits per heavy atom. The minimum Gasteiger partial charge on any atom is -0.497 e. The molecule has 4 heteroatoms. The fraction of sp³-hybridized carbons (Fsp3) is 0.250. The van der Waals surface area contributed by atoms with E-state index in [2.05, 4.69) is 22.2 Å². The molecule has 0 aliphatic carbocycles. The molecule has 0 saturated carbocycles. The fourth-order valence-corrected chi connectivity index (χ4v) is 1.49. The van der Waals surface area contributed by atoms with Crippen LogP contribution in [0.1, 0.15) is 11.4 Å². The Bertz CT molecular complexity index is 451. The summed E-state index contributed by atoms with van der Waals surface area (Å²) in [5.74, 6) is 1.77. The second-order valence-corrected chi connectivity index (χ2v) is 3.57. The molecular formula is C12H15N3O. The summed E-state index contributed by atoms with van der Waals surface area (Å²) in [6, 6.07) is 5.97. The molecule has 1 aromatic carbocycles. The van der Waals surface area contributed by atoms with Crippen molar-refractivity contribution in [1.29, 1.82) is 0 Å². The molecule has 2 rings (SSSR count). The van der Waals surface area contributed by atoms with Crippen molar-refractivity contribution in [3.05, 3.63) is 42.0 Å². The van der Waals surface area contributed by atoms with E-state index >= 15 is 0 Å². The second kappa shape index (κ2) is 4.70. The number of hydrogen-bond acceptors (Lipinski definition) is 3. The minimum absolute atomic E-state index is 0.682. The number of aryl methyl sites for hydroxylation is 1. The van der Waals surface area contributed by atoms with Crippen molar-refractivity contribution in [2.75, 3.05) is 12.4 Å². The second-order valence-electron chi connectivity index (χ2n) is 3.57. The Labute approximate surface area is 94.7 Å². The molecule has 1 aromatic heterocycles. The van der Waals surface area contributed by atoms with Gasteiger partial charge in [0.25, 0.3) is 0 Å². The molecule has 0 bridgehead atoms. The highest BCUT2D eigenvalue weighted by atomic mass is 16.5. The molecule has 0 unspecified atom stereocenters. The lowest BCUT2D eigenvalue weighted by Crippen LogP contribution is -2.02. The maximum Gasteiger partial charge on any atom is 0.125 e. The first-order chi connectivity index (χ1) is 7.79. The summed E-state index contributed by atoms with van der Waals surface area (Å²) >= 11 is 0. The molecule has 0 amide bonds. The molecule has 1 heterocycles. The molecule has 2 N–H and O–H groups in total. The van der Waals surface area contributed by atoms with Crippen molar-refractivity contribution in [3.63, 3.8) is 0 Å². The van der Waals surface area contributed by atoms with Crippen LogP contribution >= 0.6 is 0 Å². The summed E-state index contributed by atoms with van der Waals surface area (Å²) < 4.78 is 5.18. The third-order valence-corrected chi connectivity index (χ3v) is 2.45. The molecule has 0 atom stereocenters. The monoisotopic (exact) mass is 217 g/mol. The van der Waals surface area contributed by atoms with Gasteiger partial charge in [0.2, 0.25) is 0 Å². The van der Waals surface area contributed by atoms with E-state index in [0.717, 1.165) is 17.3 Å². The van der Waals surface area contributed by atoms with Gasteiger partial charge in [-0.25, -0.2) is 4.98 Å². The van der Waals surface area contributed by atoms with Gasteiger partial charge in [-0.15, -0.1) is 0 Å². The molecular weight excluding hydrogens is 202 g/mol. The SMILES string of the molecule is COc1ccc(C)c(NCc2ncc[nH]2)c1. The van der Waals surface area contributed by atoms with Gasteiger partial charge in [-0.2, -0.15) is 0 Å². The summed E-state index contributed by atoms with van der Waals surface area (Å²) in [5.41, 5.74) is 2.25. The number of hydrogen-bond donors (Lipinski definition) is 2. The maximum absolute atomic E-state index is 5.18. The molecule has 0 radical (unpaired) electrons. The van der Waals surface area contributed by atoms with Gasteiger partial charge in [0.15, 0.2) is 0 Å². The highest BCUT2D eigenvalue weighted by molar-refractivity contribution is 5.54. The molecule has 0 fully saturated rings. The van der Waals surface area contributed by atoms with E-state index in [0.29, 0.717) is 6.54 Å². The van der Waals surface area contributed by atoms with Crippen LogP contribution in [0.25, 0.3) is 0 Å². The highest BCUT2D eigenvalue weighted by Crippen LogP contribution is 2.21. The van der Waals surface area contributed by atoms with E-state index in [9.17, 15) is 0 Å². The Morgan fingerprint density at radius 2 is 2.31 bits per heavy atom. The van der Waals surface area contributed by atoms with Gasteiger partial charge in [-0.05, 0) is 18.6 Å². The largest absolute Gasteiger partial charge is 0.497 e. The van der Waals surface area contributed by atoms with Gasteiger partial charge in [0.1, 0.15) is 11.6 Å². The van der Waals surface area contributed by atoms with Crippen LogP contribution in [0.15, 0.2) is 30.6 Å². The Kier molecular flexibility index (Phi) is 3.10. The van der Waals surface area contributed by atoms with Crippen LogP contribution in [-0.4, -0.2) is 17.1 Å². The van der Waals surface area contributed by atoms with E-state index < -0.39 is 0 Å². The normalized spacial score (nSPS) is 10.1. The maximum atomic E-state index is 5.18. The third-order valence-electron chi connectivity index (χ3n) is 2.45. The number of benzene rings is 1. The van der Waals surface area contributed by atoms with Crippen molar-refractivity contribution in [3.8, 4) is 5.75 Å². The standard InChI is InChI=1S/C12H15N3O/c1-9-3-4-10(16-2)7-11(9)15-8-12-13-5-6-14-12/h3-7,15H,8H2,1-2H3,(H,13,14). The number of anilines is 1. The van der Waals surface area contributed by atoms with Crippen molar-refractivity contribution in [1.82, 2.24) is 9.97 Å². The Hall–Kier alpha value is -1.97. The van der Waals surface area contributed by atoms with Gasteiger partial charge >= 0.3 is 0 Å². The first-order valence-electron chi connectivity index (χ1n) is 5.16. The first-order valence-corrected chi connectivity index (χ1v) is 5.16. The van der Waals surface area contributed by atoms with Gasteiger partial charge in [0, 0.05) is 24.1 Å². The lowest BCUT2D eigenvalue weighted by atomic mass is 10.2. The average Bonchev–Trinajstić information content (AvgIpc) is 2.81. The van der Waals surface area contributed by atoms with E-state index in [-0.39, 0.29) is 0 Å². The number of nitrogens with zero attached hydrogens (tertiary/aromatic N) is 1. The minimum atomic E-state index is 0.682. The molecule has 4 nitrogen and oxygen atoms in total. The summed E-state index contributed by atoms with van der Waals surface area (Å²) in [6.45, 7) is 2.74. The smallest absolute Gasteiger partial charge is 0.125 e. The number of aromatic nitrogens is 2. The summed E-state index contributed by atoms with van der Waals surface area (Å²) in [7, 11) is 1.67. The molecule has 2 aromatic rings. The number of nitrogens with one attached hydrogen (secondary N) is 2. The topological polar surface area (TPSA) is 49.9 Å². The zero-order chi connectivity index (χ0) is 11.4. The number of methoxy groups -OCH3 is 1. The van der Waals surface area contributed by atoms with E-state index in [1.54, 1.807) is 13.3 Å². The van der Waals surface area contributed by atoms with Gasteiger partial charge in [-0.1, -0.05) is 6.07 Å². The van der Waals surface area contributed by atoms with Crippen LogP contribution in [0, 0.1) is 6.92 Å². The van der Waals surface area contributed by atoms with Crippen molar-refractivity contribution in [2.45, 2.75) is 13.5 Å². The van der Waals surface area contributed by atoms with Gasteiger partial charge in [0.05, 0.1) is 13.7 Å². The number of aromatic amines is 1. The molecule has 0 spiro atoms. The summed E-state index contributed by atoms with van der Waals surface area (Å²) in [4.78, 5) is 7.20. The third kappa shape index (κ3) is 2.34. The van der Waals surface area contributed by atoms with Crippen LogP contribution in [0.2, 0.25) is 0 Å². The number of imidazole rings is 1. The van der Waals surface area contributed by atoms with E-state index in [1.165, 1.54) is 5.56 Å². The zero-order valence-corrected chi connectivity index (χ0v) is 9.45. The molecule has 0 aliphatic heterocycles. The fourth-order valence-electron chi connectivity index (χ4n) is 1.49. The highest BCUT2D eigenvalue weighted by Gasteiger charge is 2.01. The number of H-pyrrole nitrogens is 1. The predicted octanol–water partition coefficient (Wildman–Crippen LogP) is 2.34. The van der Waals surface area contributed by atoms with Crippen LogP contribution in [0.4, 0.5) is 5.69 Å². The lowest BCUT2D eigenvalue weighted by Gasteiger charge is -2.09. The number of ether oxygens (including phenoxy) is 1. The molecule has 0 aliphatic rings. The summed E-state index contributed by atoms with van der Waals surface area (Å²) in [5, 5.41) is 3.32. The Morgan fingerprint density at radius 1 is 1.44 bits per heavy atom. The van der Waals surface area contributed by atoms with E-state index in [1.807, 2.05) is 24.4 Å². The van der Waals surface area contributed by atoms with E-state index in [4.69, 9.17) is 4.74 Å². The van der Waals surface area contributed by atoms with Crippen molar-refractivity contribution >= 4 is 5.69 Å². The molecule has 16 heavy (non-hydrogen) atoms. The van der Waals surface area contributed by atoms with Crippen molar-refractivity contribution < 1.29 is 4.74 Å². The van der Waals surface area contributed by atoms with Crippen molar-refractivity contribution in [2.24, 2.45) is 0 Å². The van der Waals surface area contributed by atoms with Crippen LogP contribution in [0.5, 0.6) is 5.75 Å². The Balaban J connectivity index is 2.08. The predicted molar refractivity (Wildman–Crippen MR) is 63.6 cm³/mol. The lowest BCUT2D eigenvalue weighted by molar-refractivity contribution is 0.415. The van der Waals surface area contributed by atoms with Gasteiger partial charge in [-0.3, -0.25) is 0 Å². The quantitative estimate of drug-likeness (QED) is 0.826. The average molecular weight is 217 g/mol.